The molecule has 5 nitrogen and oxygen atoms in total. The average molecular weight is 435 g/mol. The van der Waals surface area contributed by atoms with Crippen LogP contribution in [0.3, 0.4) is 0 Å². The van der Waals surface area contributed by atoms with E-state index < -0.39 is 0 Å². The van der Waals surface area contributed by atoms with Gasteiger partial charge < -0.3 is 9.73 Å². The van der Waals surface area contributed by atoms with Crippen LogP contribution >= 0.6 is 22.6 Å². The second kappa shape index (κ2) is 7.21. The van der Waals surface area contributed by atoms with Gasteiger partial charge in [0.15, 0.2) is 0 Å². The number of aromatic nitrogens is 2. The number of nitrogens with one attached hydrogen (secondary N) is 1. The lowest BCUT2D eigenvalue weighted by Crippen LogP contribution is -2.32. The molecule has 1 unspecified atom stereocenters. The fourth-order valence-electron chi connectivity index (χ4n) is 2.68. The van der Waals surface area contributed by atoms with Crippen molar-refractivity contribution in [3.63, 3.8) is 0 Å². The zero-order chi connectivity index (χ0) is 17.1. The molecule has 6 heteroatoms. The normalized spacial score (nSPS) is 12.1. The number of rotatable bonds is 5. The molecule has 1 N–H and O–H groups in total. The molecule has 1 amide bonds. The minimum atomic E-state index is -0.181. The number of halogens is 1. The molecule has 3 rings (SSSR count). The van der Waals surface area contributed by atoms with Crippen LogP contribution in [0.4, 0.5) is 0 Å². The minimum absolute atomic E-state index is 0.0990. The number of nitrogens with zero attached hydrogens (tertiary/aromatic N) is 2. The van der Waals surface area contributed by atoms with Crippen LogP contribution in [0.5, 0.6) is 0 Å². The SMILES string of the molecule is Cc1cc(C)n(C(CNC(=O)c2ccccc2I)c2ccco2)n1. The van der Waals surface area contributed by atoms with Crippen molar-refractivity contribution < 1.29 is 9.21 Å². The number of carbonyl (C=O) groups excluding carboxylic acids is 1. The van der Waals surface area contributed by atoms with Gasteiger partial charge in [-0.05, 0) is 66.8 Å². The first kappa shape index (κ1) is 16.8. The van der Waals surface area contributed by atoms with Crippen molar-refractivity contribution in [2.24, 2.45) is 0 Å². The van der Waals surface area contributed by atoms with E-state index in [1.165, 1.54) is 0 Å². The third-order valence-electron chi connectivity index (χ3n) is 3.79. The van der Waals surface area contributed by atoms with Crippen LogP contribution in [0.25, 0.3) is 0 Å². The monoisotopic (exact) mass is 435 g/mol. The Morgan fingerprint density at radius 1 is 1.29 bits per heavy atom. The number of carbonyl (C=O) groups is 1. The summed E-state index contributed by atoms with van der Waals surface area (Å²) in [6.07, 6.45) is 1.63. The number of amides is 1. The average Bonchev–Trinajstić information content (AvgIpc) is 3.18. The summed E-state index contributed by atoms with van der Waals surface area (Å²) < 4.78 is 8.38. The van der Waals surface area contributed by atoms with Gasteiger partial charge in [0.05, 0.1) is 17.5 Å². The smallest absolute Gasteiger partial charge is 0.252 e. The van der Waals surface area contributed by atoms with Crippen LogP contribution in [0, 0.1) is 17.4 Å². The molecule has 0 aliphatic carbocycles. The highest BCUT2D eigenvalue weighted by molar-refractivity contribution is 14.1. The zero-order valence-electron chi connectivity index (χ0n) is 13.5. The molecule has 0 fully saturated rings. The molecule has 1 aromatic carbocycles. The Bertz CT molecular complexity index is 840. The van der Waals surface area contributed by atoms with Gasteiger partial charge in [0.2, 0.25) is 0 Å². The van der Waals surface area contributed by atoms with Gasteiger partial charge in [0.25, 0.3) is 5.91 Å². The molecule has 0 bridgehead atoms. The van der Waals surface area contributed by atoms with Gasteiger partial charge >= 0.3 is 0 Å². The third kappa shape index (κ3) is 3.53. The molecule has 3 aromatic rings. The summed E-state index contributed by atoms with van der Waals surface area (Å²) in [6.45, 7) is 4.35. The summed E-state index contributed by atoms with van der Waals surface area (Å²) in [5.74, 6) is 0.669. The fraction of sp³-hybridized carbons (Fsp3) is 0.222. The van der Waals surface area contributed by atoms with E-state index in [4.69, 9.17) is 4.42 Å². The first-order valence-electron chi connectivity index (χ1n) is 7.65. The van der Waals surface area contributed by atoms with Crippen molar-refractivity contribution >= 4 is 28.5 Å². The topological polar surface area (TPSA) is 60.1 Å². The lowest BCUT2D eigenvalue weighted by atomic mass is 10.2. The lowest BCUT2D eigenvalue weighted by Gasteiger charge is -2.18. The third-order valence-corrected chi connectivity index (χ3v) is 4.73. The van der Waals surface area contributed by atoms with Crippen molar-refractivity contribution in [3.8, 4) is 0 Å². The van der Waals surface area contributed by atoms with Gasteiger partial charge in [-0.3, -0.25) is 9.48 Å². The second-order valence-corrected chi connectivity index (χ2v) is 6.75. The molecule has 124 valence electrons. The molecule has 0 spiro atoms. The van der Waals surface area contributed by atoms with Gasteiger partial charge in [-0.2, -0.15) is 5.10 Å². The lowest BCUT2D eigenvalue weighted by molar-refractivity contribution is 0.0947. The minimum Gasteiger partial charge on any atom is -0.467 e. The van der Waals surface area contributed by atoms with Crippen molar-refractivity contribution in [3.05, 3.63) is 75.0 Å². The van der Waals surface area contributed by atoms with Crippen LogP contribution < -0.4 is 5.32 Å². The van der Waals surface area contributed by atoms with Gasteiger partial charge in [0.1, 0.15) is 11.8 Å². The second-order valence-electron chi connectivity index (χ2n) is 5.59. The van der Waals surface area contributed by atoms with Crippen LogP contribution in [-0.4, -0.2) is 22.2 Å². The first-order chi connectivity index (χ1) is 11.6. The maximum Gasteiger partial charge on any atom is 0.252 e. The highest BCUT2D eigenvalue weighted by Crippen LogP contribution is 2.20. The Kier molecular flexibility index (Phi) is 5.03. The summed E-state index contributed by atoms with van der Waals surface area (Å²) in [5, 5.41) is 7.54. The molecule has 0 aliphatic rings. The van der Waals surface area contributed by atoms with Gasteiger partial charge in [-0.15, -0.1) is 0 Å². The largest absolute Gasteiger partial charge is 0.467 e. The van der Waals surface area contributed by atoms with Crippen LogP contribution in [0.1, 0.15) is 33.5 Å². The van der Waals surface area contributed by atoms with E-state index >= 15 is 0 Å². The quantitative estimate of drug-likeness (QED) is 0.622. The maximum atomic E-state index is 12.5. The number of aryl methyl sites for hydroxylation is 2. The van der Waals surface area contributed by atoms with E-state index in [0.717, 1.165) is 20.7 Å². The molecule has 0 radical (unpaired) electrons. The Morgan fingerprint density at radius 2 is 2.08 bits per heavy atom. The van der Waals surface area contributed by atoms with E-state index in [1.54, 1.807) is 6.26 Å². The number of benzene rings is 1. The van der Waals surface area contributed by atoms with Crippen LogP contribution in [0.2, 0.25) is 0 Å². The standard InChI is InChI=1S/C18H18IN3O2/c1-12-10-13(2)22(21-12)16(17-8-5-9-24-17)11-20-18(23)14-6-3-4-7-15(14)19/h3-10,16H,11H2,1-2H3,(H,20,23). The van der Waals surface area contributed by atoms with E-state index in [0.29, 0.717) is 12.1 Å². The van der Waals surface area contributed by atoms with Gasteiger partial charge in [-0.25, -0.2) is 0 Å². The van der Waals surface area contributed by atoms with E-state index in [9.17, 15) is 4.79 Å². The van der Waals surface area contributed by atoms with Crippen molar-refractivity contribution in [2.45, 2.75) is 19.9 Å². The molecular formula is C18H18IN3O2. The van der Waals surface area contributed by atoms with Crippen LogP contribution in [-0.2, 0) is 0 Å². The Hall–Kier alpha value is -2.09. The zero-order valence-corrected chi connectivity index (χ0v) is 15.6. The molecule has 0 saturated heterocycles. The summed E-state index contributed by atoms with van der Waals surface area (Å²) >= 11 is 2.17. The first-order valence-corrected chi connectivity index (χ1v) is 8.73. The van der Waals surface area contributed by atoms with E-state index in [2.05, 4.69) is 33.0 Å². The summed E-state index contributed by atoms with van der Waals surface area (Å²) in [4.78, 5) is 12.5. The highest BCUT2D eigenvalue weighted by Gasteiger charge is 2.21. The van der Waals surface area contributed by atoms with E-state index in [-0.39, 0.29) is 11.9 Å². The summed E-state index contributed by atoms with van der Waals surface area (Å²) in [5.41, 5.74) is 2.63. The highest BCUT2D eigenvalue weighted by atomic mass is 127. The maximum absolute atomic E-state index is 12.5. The Labute approximate surface area is 154 Å². The summed E-state index contributed by atoms with van der Waals surface area (Å²) in [7, 11) is 0. The Balaban J connectivity index is 1.82. The predicted octanol–water partition coefficient (Wildman–Crippen LogP) is 3.72. The molecule has 2 heterocycles. The predicted molar refractivity (Wildman–Crippen MR) is 100 cm³/mol. The molecule has 0 saturated carbocycles. The number of hydrogen-bond acceptors (Lipinski definition) is 3. The molecule has 0 aliphatic heterocycles. The molecule has 1 atom stereocenters. The molecule has 2 aromatic heterocycles. The number of furan rings is 1. The van der Waals surface area contributed by atoms with Crippen LogP contribution in [0.15, 0.2) is 53.1 Å². The Morgan fingerprint density at radius 3 is 2.71 bits per heavy atom. The van der Waals surface area contributed by atoms with Crippen molar-refractivity contribution in [1.29, 1.82) is 0 Å². The summed E-state index contributed by atoms with van der Waals surface area (Å²) in [6, 6.07) is 13.1. The van der Waals surface area contributed by atoms with Crippen molar-refractivity contribution in [1.82, 2.24) is 15.1 Å². The molecular weight excluding hydrogens is 417 g/mol. The fourth-order valence-corrected chi connectivity index (χ4v) is 3.31. The molecule has 24 heavy (non-hydrogen) atoms. The van der Waals surface area contributed by atoms with E-state index in [1.807, 2.05) is 61.0 Å². The van der Waals surface area contributed by atoms with Gasteiger partial charge in [0, 0.05) is 15.8 Å². The van der Waals surface area contributed by atoms with Crippen molar-refractivity contribution in [2.75, 3.05) is 6.54 Å². The van der Waals surface area contributed by atoms with Gasteiger partial charge in [-0.1, -0.05) is 12.1 Å². The number of hydrogen-bond donors (Lipinski definition) is 1.